The molecule has 0 N–H and O–H groups in total. The van der Waals surface area contributed by atoms with Gasteiger partial charge in [0.1, 0.15) is 0 Å². The molecular weight excluding hydrogens is 270 g/mol. The average Bonchev–Trinajstić information content (AvgIpc) is 3.08. The zero-order chi connectivity index (χ0) is 14.1. The Morgan fingerprint density at radius 1 is 1.05 bits per heavy atom. The molecule has 2 atom stereocenters. The number of hydrogen-bond donors (Lipinski definition) is 0. The van der Waals surface area contributed by atoms with Gasteiger partial charge in [0.15, 0.2) is 0 Å². The fraction of sp³-hybridized carbons (Fsp3) is 0.933. The van der Waals surface area contributed by atoms with Crippen LogP contribution in [0.2, 0.25) is 0 Å². The van der Waals surface area contributed by atoms with E-state index in [1.807, 2.05) is 4.90 Å². The Bertz CT molecular complexity index is 349. The van der Waals surface area contributed by atoms with Gasteiger partial charge in [0.05, 0.1) is 6.04 Å². The highest BCUT2D eigenvalue weighted by Gasteiger charge is 2.38. The van der Waals surface area contributed by atoms with E-state index in [9.17, 15) is 4.79 Å². The zero-order valence-electron chi connectivity index (χ0n) is 12.8. The lowest BCUT2D eigenvalue weighted by Crippen LogP contribution is -2.55. The number of rotatable bonds is 3. The summed E-state index contributed by atoms with van der Waals surface area (Å²) in [6.45, 7) is 9.63. The summed E-state index contributed by atoms with van der Waals surface area (Å²) < 4.78 is 0. The Morgan fingerprint density at radius 2 is 1.75 bits per heavy atom. The van der Waals surface area contributed by atoms with E-state index in [1.54, 1.807) is 0 Å². The van der Waals surface area contributed by atoms with Gasteiger partial charge in [-0.2, -0.15) is 11.8 Å². The Labute approximate surface area is 126 Å². The van der Waals surface area contributed by atoms with Gasteiger partial charge in [-0.05, 0) is 32.4 Å². The number of carbonyl (C=O) groups excluding carboxylic acids is 1. The van der Waals surface area contributed by atoms with E-state index in [-0.39, 0.29) is 6.04 Å². The molecule has 1 amide bonds. The molecule has 3 saturated heterocycles. The number of nitrogens with zero attached hydrogens (tertiary/aromatic N) is 3. The minimum atomic E-state index is 0.164. The van der Waals surface area contributed by atoms with Crippen LogP contribution in [0.3, 0.4) is 0 Å². The second-order valence-electron chi connectivity index (χ2n) is 6.52. The second kappa shape index (κ2) is 6.24. The van der Waals surface area contributed by atoms with Crippen LogP contribution in [0, 0.1) is 0 Å². The Balaban J connectivity index is 1.52. The SMILES string of the molecule is CC(C)N1CC[C@@H](N2CCN([C@H]3CCSC3)CC2)C1=O. The van der Waals surface area contributed by atoms with Crippen LogP contribution >= 0.6 is 11.8 Å². The van der Waals surface area contributed by atoms with Gasteiger partial charge in [0.25, 0.3) is 0 Å². The number of thioether (sulfide) groups is 1. The summed E-state index contributed by atoms with van der Waals surface area (Å²) in [7, 11) is 0. The van der Waals surface area contributed by atoms with E-state index in [2.05, 4.69) is 35.4 Å². The molecule has 0 aliphatic carbocycles. The first-order chi connectivity index (χ1) is 9.66. The molecule has 3 heterocycles. The van der Waals surface area contributed by atoms with Crippen molar-refractivity contribution < 1.29 is 4.79 Å². The number of piperazine rings is 1. The predicted octanol–water partition coefficient (Wildman–Crippen LogP) is 1.12. The van der Waals surface area contributed by atoms with Crippen LogP contribution < -0.4 is 0 Å². The maximum atomic E-state index is 12.5. The van der Waals surface area contributed by atoms with Gasteiger partial charge in [-0.3, -0.25) is 14.6 Å². The number of carbonyl (C=O) groups is 1. The summed E-state index contributed by atoms with van der Waals surface area (Å²) >= 11 is 2.09. The highest BCUT2D eigenvalue weighted by atomic mass is 32.2. The van der Waals surface area contributed by atoms with E-state index < -0.39 is 0 Å². The highest BCUT2D eigenvalue weighted by Crippen LogP contribution is 2.25. The number of hydrogen-bond acceptors (Lipinski definition) is 4. The molecule has 4 nitrogen and oxygen atoms in total. The lowest BCUT2D eigenvalue weighted by atomic mass is 10.1. The molecule has 3 aliphatic heterocycles. The standard InChI is InChI=1S/C15H27N3OS/c1-12(2)18-5-3-14(15(18)19)17-8-6-16(7-9-17)13-4-10-20-11-13/h12-14H,3-11H2,1-2H3/t13-,14+/m0/s1. The number of likely N-dealkylation sites (tertiary alicyclic amines) is 1. The largest absolute Gasteiger partial charge is 0.339 e. The molecule has 0 spiro atoms. The summed E-state index contributed by atoms with van der Waals surface area (Å²) in [4.78, 5) is 19.6. The van der Waals surface area contributed by atoms with E-state index in [4.69, 9.17) is 0 Å². The van der Waals surface area contributed by atoms with Crippen LogP contribution in [0.5, 0.6) is 0 Å². The molecule has 0 saturated carbocycles. The minimum absolute atomic E-state index is 0.164. The highest BCUT2D eigenvalue weighted by molar-refractivity contribution is 7.99. The third kappa shape index (κ3) is 2.85. The first kappa shape index (κ1) is 14.7. The summed E-state index contributed by atoms with van der Waals surface area (Å²) in [5, 5.41) is 0. The van der Waals surface area contributed by atoms with E-state index in [0.29, 0.717) is 11.9 Å². The van der Waals surface area contributed by atoms with Gasteiger partial charge in [-0.15, -0.1) is 0 Å². The van der Waals surface area contributed by atoms with Crippen LogP contribution in [0.15, 0.2) is 0 Å². The van der Waals surface area contributed by atoms with E-state index in [1.165, 1.54) is 17.9 Å². The molecule has 3 fully saturated rings. The molecule has 0 unspecified atom stereocenters. The summed E-state index contributed by atoms with van der Waals surface area (Å²) in [6.07, 6.45) is 2.38. The molecule has 0 bridgehead atoms. The van der Waals surface area contributed by atoms with Crippen molar-refractivity contribution in [3.05, 3.63) is 0 Å². The second-order valence-corrected chi connectivity index (χ2v) is 7.67. The zero-order valence-corrected chi connectivity index (χ0v) is 13.6. The van der Waals surface area contributed by atoms with Crippen LogP contribution in [-0.2, 0) is 4.79 Å². The van der Waals surface area contributed by atoms with Crippen molar-refractivity contribution >= 4 is 17.7 Å². The van der Waals surface area contributed by atoms with Crippen molar-refractivity contribution in [1.29, 1.82) is 0 Å². The smallest absolute Gasteiger partial charge is 0.240 e. The lowest BCUT2D eigenvalue weighted by molar-refractivity contribution is -0.134. The fourth-order valence-corrected chi connectivity index (χ4v) is 5.02. The lowest BCUT2D eigenvalue weighted by Gasteiger charge is -2.39. The molecule has 20 heavy (non-hydrogen) atoms. The van der Waals surface area contributed by atoms with Crippen molar-refractivity contribution in [3.8, 4) is 0 Å². The molecule has 0 radical (unpaired) electrons. The van der Waals surface area contributed by atoms with Crippen LogP contribution in [0.25, 0.3) is 0 Å². The Hall–Kier alpha value is -0.260. The summed E-state index contributed by atoms with van der Waals surface area (Å²) in [5.74, 6) is 3.00. The first-order valence-corrected chi connectivity index (χ1v) is 9.18. The normalized spacial score (nSPS) is 33.5. The first-order valence-electron chi connectivity index (χ1n) is 8.03. The van der Waals surface area contributed by atoms with Crippen molar-refractivity contribution in [1.82, 2.24) is 14.7 Å². The maximum Gasteiger partial charge on any atom is 0.240 e. The molecule has 0 aromatic heterocycles. The average molecular weight is 297 g/mol. The van der Waals surface area contributed by atoms with Crippen LogP contribution in [0.4, 0.5) is 0 Å². The summed E-state index contributed by atoms with van der Waals surface area (Å²) in [6, 6.07) is 1.32. The molecule has 3 rings (SSSR count). The monoisotopic (exact) mass is 297 g/mol. The molecule has 0 aromatic rings. The van der Waals surface area contributed by atoms with Crippen LogP contribution in [0.1, 0.15) is 26.7 Å². The van der Waals surface area contributed by atoms with Gasteiger partial charge < -0.3 is 4.90 Å². The minimum Gasteiger partial charge on any atom is -0.339 e. The number of amides is 1. The summed E-state index contributed by atoms with van der Waals surface area (Å²) in [5.41, 5.74) is 0. The van der Waals surface area contributed by atoms with Crippen molar-refractivity contribution in [2.24, 2.45) is 0 Å². The van der Waals surface area contributed by atoms with Crippen LogP contribution in [-0.4, -0.2) is 83.0 Å². The topological polar surface area (TPSA) is 26.8 Å². The third-order valence-electron chi connectivity index (χ3n) is 5.05. The van der Waals surface area contributed by atoms with Crippen molar-refractivity contribution in [2.75, 3.05) is 44.2 Å². The van der Waals surface area contributed by atoms with Gasteiger partial charge in [-0.25, -0.2) is 0 Å². The van der Waals surface area contributed by atoms with Crippen molar-refractivity contribution in [2.45, 2.75) is 44.8 Å². The van der Waals surface area contributed by atoms with E-state index >= 15 is 0 Å². The maximum absolute atomic E-state index is 12.5. The molecule has 5 heteroatoms. The van der Waals surface area contributed by atoms with Gasteiger partial charge in [0.2, 0.25) is 5.91 Å². The molecular formula is C15H27N3OS. The van der Waals surface area contributed by atoms with Gasteiger partial charge in [0, 0.05) is 50.6 Å². The Kier molecular flexibility index (Phi) is 4.58. The van der Waals surface area contributed by atoms with Gasteiger partial charge >= 0.3 is 0 Å². The third-order valence-corrected chi connectivity index (χ3v) is 6.19. The fourth-order valence-electron chi connectivity index (χ4n) is 3.76. The predicted molar refractivity (Wildman–Crippen MR) is 84.1 cm³/mol. The quantitative estimate of drug-likeness (QED) is 0.780. The Morgan fingerprint density at radius 3 is 2.30 bits per heavy atom. The van der Waals surface area contributed by atoms with Gasteiger partial charge in [-0.1, -0.05) is 0 Å². The molecule has 3 aliphatic rings. The van der Waals surface area contributed by atoms with Crippen molar-refractivity contribution in [3.63, 3.8) is 0 Å². The van der Waals surface area contributed by atoms with E-state index in [0.717, 1.165) is 45.2 Å². The molecule has 114 valence electrons. The molecule has 0 aromatic carbocycles.